The Morgan fingerprint density at radius 1 is 1.36 bits per heavy atom. The van der Waals surface area contributed by atoms with Crippen LogP contribution >= 0.6 is 0 Å². The van der Waals surface area contributed by atoms with Crippen LogP contribution in [0.3, 0.4) is 0 Å². The van der Waals surface area contributed by atoms with Crippen molar-refractivity contribution in [2.75, 3.05) is 58.0 Å². The molecule has 3 rings (SSSR count). The second kappa shape index (κ2) is 6.58. The normalized spacial score (nSPS) is 25.5. The highest BCUT2D eigenvalue weighted by molar-refractivity contribution is 5.77. The molecule has 2 saturated heterocycles. The minimum atomic E-state index is -0.0426. The van der Waals surface area contributed by atoms with Crippen molar-refractivity contribution in [1.29, 1.82) is 0 Å². The van der Waals surface area contributed by atoms with Gasteiger partial charge >= 0.3 is 0 Å². The zero-order chi connectivity index (χ0) is 15.4. The summed E-state index contributed by atoms with van der Waals surface area (Å²) < 4.78 is 10.7. The molecule has 3 heterocycles. The van der Waals surface area contributed by atoms with Gasteiger partial charge in [-0.1, -0.05) is 0 Å². The summed E-state index contributed by atoms with van der Waals surface area (Å²) in [5.74, 6) is 0.778. The molecule has 120 valence electrons. The van der Waals surface area contributed by atoms with Crippen LogP contribution in [0.1, 0.15) is 6.42 Å². The van der Waals surface area contributed by atoms with E-state index in [-0.39, 0.29) is 17.9 Å². The Labute approximate surface area is 130 Å². The van der Waals surface area contributed by atoms with Crippen LogP contribution < -0.4 is 4.90 Å². The number of anilines is 1. The van der Waals surface area contributed by atoms with Gasteiger partial charge in [-0.2, -0.15) is 0 Å². The SMILES string of the molecule is COCC(=O)N1CCOC[C@]2(CCN(c3ncccn3)C2)C1. The van der Waals surface area contributed by atoms with Gasteiger partial charge in [0, 0.05) is 51.1 Å². The summed E-state index contributed by atoms with van der Waals surface area (Å²) in [6.45, 7) is 4.42. The van der Waals surface area contributed by atoms with Gasteiger partial charge in [-0.05, 0) is 12.5 Å². The van der Waals surface area contributed by atoms with Crippen LogP contribution in [0.5, 0.6) is 0 Å². The third-order valence-electron chi connectivity index (χ3n) is 4.33. The zero-order valence-corrected chi connectivity index (χ0v) is 12.9. The number of ether oxygens (including phenoxy) is 2. The molecule has 0 aliphatic carbocycles. The highest BCUT2D eigenvalue weighted by atomic mass is 16.5. The fourth-order valence-corrected chi connectivity index (χ4v) is 3.23. The first kappa shape index (κ1) is 15.2. The monoisotopic (exact) mass is 306 g/mol. The van der Waals surface area contributed by atoms with Crippen LogP contribution in [0.2, 0.25) is 0 Å². The van der Waals surface area contributed by atoms with E-state index in [1.165, 1.54) is 0 Å². The van der Waals surface area contributed by atoms with Crippen molar-refractivity contribution in [1.82, 2.24) is 14.9 Å². The summed E-state index contributed by atoms with van der Waals surface area (Å²) in [7, 11) is 1.55. The third kappa shape index (κ3) is 3.20. The number of nitrogens with zero attached hydrogens (tertiary/aromatic N) is 4. The molecule has 0 saturated carbocycles. The molecule has 0 aromatic carbocycles. The van der Waals surface area contributed by atoms with E-state index >= 15 is 0 Å². The number of carbonyl (C=O) groups is 1. The van der Waals surface area contributed by atoms with E-state index in [1.807, 2.05) is 11.0 Å². The Kier molecular flexibility index (Phi) is 4.54. The summed E-state index contributed by atoms with van der Waals surface area (Å²) in [5.41, 5.74) is -0.0426. The standard InChI is InChI=1S/C15H22N4O3/c1-21-9-13(20)18-7-8-22-12-15(10-18)3-6-19(11-15)14-16-4-2-5-17-14/h2,4-5H,3,6-12H2,1H3/t15-/m1/s1. The number of carbonyl (C=O) groups excluding carboxylic acids is 1. The number of aromatic nitrogens is 2. The van der Waals surface area contributed by atoms with E-state index in [0.717, 1.165) is 25.5 Å². The minimum absolute atomic E-state index is 0.0294. The van der Waals surface area contributed by atoms with Gasteiger partial charge in [0.1, 0.15) is 6.61 Å². The highest BCUT2D eigenvalue weighted by Crippen LogP contribution is 2.34. The number of rotatable bonds is 3. The fraction of sp³-hybridized carbons (Fsp3) is 0.667. The quantitative estimate of drug-likeness (QED) is 0.793. The molecule has 2 aliphatic rings. The molecule has 7 nitrogen and oxygen atoms in total. The van der Waals surface area contributed by atoms with Gasteiger partial charge in [-0.3, -0.25) is 4.79 Å². The summed E-state index contributed by atoms with van der Waals surface area (Å²) >= 11 is 0. The molecule has 1 amide bonds. The van der Waals surface area contributed by atoms with E-state index in [0.29, 0.717) is 26.3 Å². The Morgan fingerprint density at radius 2 is 2.18 bits per heavy atom. The lowest BCUT2D eigenvalue weighted by atomic mass is 9.87. The Balaban J connectivity index is 1.71. The van der Waals surface area contributed by atoms with Gasteiger partial charge in [0.25, 0.3) is 0 Å². The van der Waals surface area contributed by atoms with Crippen LogP contribution in [0.15, 0.2) is 18.5 Å². The average Bonchev–Trinajstić information content (AvgIpc) is 2.83. The van der Waals surface area contributed by atoms with E-state index in [2.05, 4.69) is 14.9 Å². The van der Waals surface area contributed by atoms with Crippen molar-refractivity contribution in [2.24, 2.45) is 5.41 Å². The first-order valence-corrected chi connectivity index (χ1v) is 7.59. The van der Waals surface area contributed by atoms with E-state index in [4.69, 9.17) is 9.47 Å². The number of amides is 1. The van der Waals surface area contributed by atoms with Crippen molar-refractivity contribution in [2.45, 2.75) is 6.42 Å². The second-order valence-electron chi connectivity index (χ2n) is 6.02. The maximum Gasteiger partial charge on any atom is 0.248 e. The first-order chi connectivity index (χ1) is 10.7. The molecule has 0 unspecified atom stereocenters. The summed E-state index contributed by atoms with van der Waals surface area (Å²) in [4.78, 5) is 24.8. The summed E-state index contributed by atoms with van der Waals surface area (Å²) in [6, 6.07) is 1.81. The Morgan fingerprint density at radius 3 is 2.95 bits per heavy atom. The Hall–Kier alpha value is -1.73. The maximum absolute atomic E-state index is 12.1. The van der Waals surface area contributed by atoms with E-state index in [9.17, 15) is 4.79 Å². The van der Waals surface area contributed by atoms with Crippen LogP contribution in [-0.2, 0) is 14.3 Å². The minimum Gasteiger partial charge on any atom is -0.379 e. The van der Waals surface area contributed by atoms with Crippen molar-refractivity contribution >= 4 is 11.9 Å². The second-order valence-corrected chi connectivity index (χ2v) is 6.02. The molecule has 0 bridgehead atoms. The molecule has 22 heavy (non-hydrogen) atoms. The Bertz CT molecular complexity index is 513. The molecule has 2 aliphatic heterocycles. The zero-order valence-electron chi connectivity index (χ0n) is 12.9. The van der Waals surface area contributed by atoms with Gasteiger partial charge in [0.05, 0.1) is 13.2 Å². The van der Waals surface area contributed by atoms with Crippen molar-refractivity contribution < 1.29 is 14.3 Å². The van der Waals surface area contributed by atoms with Gasteiger partial charge in [0.15, 0.2) is 0 Å². The van der Waals surface area contributed by atoms with Crippen molar-refractivity contribution in [3.8, 4) is 0 Å². The van der Waals surface area contributed by atoms with E-state index < -0.39 is 0 Å². The number of hydrogen-bond acceptors (Lipinski definition) is 6. The molecule has 1 aromatic rings. The molecule has 2 fully saturated rings. The molecule has 1 spiro atoms. The van der Waals surface area contributed by atoms with Gasteiger partial charge < -0.3 is 19.3 Å². The molecular formula is C15H22N4O3. The van der Waals surface area contributed by atoms with Crippen molar-refractivity contribution in [3.63, 3.8) is 0 Å². The summed E-state index contributed by atoms with van der Waals surface area (Å²) in [6.07, 6.45) is 4.48. The number of methoxy groups -OCH3 is 1. The molecule has 0 radical (unpaired) electrons. The smallest absolute Gasteiger partial charge is 0.248 e. The van der Waals surface area contributed by atoms with Gasteiger partial charge in [-0.15, -0.1) is 0 Å². The van der Waals surface area contributed by atoms with Crippen molar-refractivity contribution in [3.05, 3.63) is 18.5 Å². The topological polar surface area (TPSA) is 67.8 Å². The molecular weight excluding hydrogens is 284 g/mol. The predicted molar refractivity (Wildman–Crippen MR) is 80.6 cm³/mol. The van der Waals surface area contributed by atoms with Gasteiger partial charge in [0.2, 0.25) is 11.9 Å². The summed E-state index contributed by atoms with van der Waals surface area (Å²) in [5, 5.41) is 0. The first-order valence-electron chi connectivity index (χ1n) is 7.59. The predicted octanol–water partition coefficient (Wildman–Crippen LogP) is 0.178. The molecule has 1 atom stereocenters. The van der Waals surface area contributed by atoms with Crippen LogP contribution in [0.4, 0.5) is 5.95 Å². The fourth-order valence-electron chi connectivity index (χ4n) is 3.23. The lowest BCUT2D eigenvalue weighted by Gasteiger charge is -2.31. The molecule has 7 heteroatoms. The lowest BCUT2D eigenvalue weighted by Crippen LogP contribution is -2.44. The van der Waals surface area contributed by atoms with Crippen LogP contribution in [-0.4, -0.2) is 73.9 Å². The van der Waals surface area contributed by atoms with Crippen LogP contribution in [0, 0.1) is 5.41 Å². The number of hydrogen-bond donors (Lipinski definition) is 0. The van der Waals surface area contributed by atoms with E-state index in [1.54, 1.807) is 19.5 Å². The van der Waals surface area contributed by atoms with Crippen LogP contribution in [0.25, 0.3) is 0 Å². The molecule has 0 N–H and O–H groups in total. The largest absolute Gasteiger partial charge is 0.379 e. The maximum atomic E-state index is 12.1. The third-order valence-corrected chi connectivity index (χ3v) is 4.33. The average molecular weight is 306 g/mol. The molecule has 1 aromatic heterocycles. The highest BCUT2D eigenvalue weighted by Gasteiger charge is 2.42. The van der Waals surface area contributed by atoms with Gasteiger partial charge in [-0.25, -0.2) is 9.97 Å². The lowest BCUT2D eigenvalue weighted by molar-refractivity contribution is -0.136.